The standard InChI is InChI=1S/C19H20ClFN2O/c20-15-7-5-14(6-8-15)13-23-11-9-16(10-12-23)22-19(24)17-3-1-2-4-18(17)21/h1-8,16H,9-13H2,(H,22,24). The monoisotopic (exact) mass is 346 g/mol. The molecule has 1 aliphatic heterocycles. The van der Waals surface area contributed by atoms with Crippen molar-refractivity contribution >= 4 is 17.5 Å². The number of nitrogens with zero attached hydrogens (tertiary/aromatic N) is 1. The van der Waals surface area contributed by atoms with E-state index in [0.29, 0.717) is 0 Å². The maximum absolute atomic E-state index is 13.6. The molecule has 1 aliphatic rings. The van der Waals surface area contributed by atoms with Crippen LogP contribution in [-0.2, 0) is 6.54 Å². The van der Waals surface area contributed by atoms with Gasteiger partial charge in [-0.25, -0.2) is 4.39 Å². The Morgan fingerprint density at radius 2 is 1.79 bits per heavy atom. The van der Waals surface area contributed by atoms with Gasteiger partial charge in [-0.15, -0.1) is 0 Å². The summed E-state index contributed by atoms with van der Waals surface area (Å²) in [4.78, 5) is 14.5. The van der Waals surface area contributed by atoms with Crippen molar-refractivity contribution in [2.24, 2.45) is 0 Å². The summed E-state index contributed by atoms with van der Waals surface area (Å²) in [6.07, 6.45) is 1.74. The van der Waals surface area contributed by atoms with Crippen LogP contribution in [0.25, 0.3) is 0 Å². The number of likely N-dealkylation sites (tertiary alicyclic amines) is 1. The van der Waals surface area contributed by atoms with Gasteiger partial charge < -0.3 is 5.32 Å². The molecule has 5 heteroatoms. The second kappa shape index (κ2) is 7.77. The molecule has 126 valence electrons. The summed E-state index contributed by atoms with van der Waals surface area (Å²) in [7, 11) is 0. The summed E-state index contributed by atoms with van der Waals surface area (Å²) in [6, 6.07) is 14.1. The van der Waals surface area contributed by atoms with Crippen molar-refractivity contribution in [3.63, 3.8) is 0 Å². The van der Waals surface area contributed by atoms with E-state index >= 15 is 0 Å². The second-order valence-corrected chi connectivity index (χ2v) is 6.57. The van der Waals surface area contributed by atoms with Crippen LogP contribution in [0.4, 0.5) is 4.39 Å². The molecule has 1 fully saturated rings. The molecule has 0 radical (unpaired) electrons. The van der Waals surface area contributed by atoms with E-state index in [1.165, 1.54) is 17.7 Å². The predicted molar refractivity (Wildman–Crippen MR) is 93.6 cm³/mol. The van der Waals surface area contributed by atoms with Crippen molar-refractivity contribution < 1.29 is 9.18 Å². The first kappa shape index (κ1) is 16.9. The van der Waals surface area contributed by atoms with Crippen LogP contribution in [0.5, 0.6) is 0 Å². The summed E-state index contributed by atoms with van der Waals surface area (Å²) < 4.78 is 13.6. The number of hydrogen-bond acceptors (Lipinski definition) is 2. The molecule has 0 spiro atoms. The van der Waals surface area contributed by atoms with Gasteiger partial charge in [0.2, 0.25) is 0 Å². The first-order valence-corrected chi connectivity index (χ1v) is 8.52. The molecule has 1 saturated heterocycles. The molecule has 0 unspecified atom stereocenters. The number of rotatable bonds is 4. The molecular formula is C19H20ClFN2O. The number of piperidine rings is 1. The zero-order chi connectivity index (χ0) is 16.9. The number of hydrogen-bond donors (Lipinski definition) is 1. The van der Waals surface area contributed by atoms with Crippen molar-refractivity contribution in [2.75, 3.05) is 13.1 Å². The van der Waals surface area contributed by atoms with Crippen molar-refractivity contribution in [1.29, 1.82) is 0 Å². The molecular weight excluding hydrogens is 327 g/mol. The highest BCUT2D eigenvalue weighted by Crippen LogP contribution is 2.16. The van der Waals surface area contributed by atoms with Gasteiger partial charge in [0.25, 0.3) is 5.91 Å². The third-order valence-electron chi connectivity index (χ3n) is 4.36. The lowest BCUT2D eigenvalue weighted by Gasteiger charge is -2.32. The molecule has 1 N–H and O–H groups in total. The van der Waals surface area contributed by atoms with Crippen LogP contribution in [0.15, 0.2) is 48.5 Å². The number of nitrogens with one attached hydrogen (secondary N) is 1. The highest BCUT2D eigenvalue weighted by molar-refractivity contribution is 6.30. The van der Waals surface area contributed by atoms with E-state index in [1.54, 1.807) is 12.1 Å². The van der Waals surface area contributed by atoms with E-state index in [2.05, 4.69) is 10.2 Å². The number of carbonyl (C=O) groups excluding carboxylic acids is 1. The lowest BCUT2D eigenvalue weighted by atomic mass is 10.0. The van der Waals surface area contributed by atoms with Crippen LogP contribution in [0.2, 0.25) is 5.02 Å². The van der Waals surface area contributed by atoms with Gasteiger partial charge in [0.1, 0.15) is 5.82 Å². The van der Waals surface area contributed by atoms with E-state index < -0.39 is 5.82 Å². The normalized spacial score (nSPS) is 16.1. The van der Waals surface area contributed by atoms with E-state index in [9.17, 15) is 9.18 Å². The summed E-state index contributed by atoms with van der Waals surface area (Å²) in [5, 5.41) is 3.69. The van der Waals surface area contributed by atoms with Crippen molar-refractivity contribution in [1.82, 2.24) is 10.2 Å². The fourth-order valence-corrected chi connectivity index (χ4v) is 3.12. The average molecular weight is 347 g/mol. The third kappa shape index (κ3) is 4.34. The maximum atomic E-state index is 13.6. The van der Waals surface area contributed by atoms with Gasteiger partial charge in [-0.3, -0.25) is 9.69 Å². The highest BCUT2D eigenvalue weighted by Gasteiger charge is 2.22. The Hall–Kier alpha value is -1.91. The molecule has 0 aliphatic carbocycles. The van der Waals surface area contributed by atoms with Crippen molar-refractivity contribution in [2.45, 2.75) is 25.4 Å². The second-order valence-electron chi connectivity index (χ2n) is 6.13. The number of carbonyl (C=O) groups is 1. The fourth-order valence-electron chi connectivity index (χ4n) is 2.99. The fraction of sp³-hybridized carbons (Fsp3) is 0.316. The van der Waals surface area contributed by atoms with Crippen molar-refractivity contribution in [3.8, 4) is 0 Å². The average Bonchev–Trinajstić information content (AvgIpc) is 2.59. The summed E-state index contributed by atoms with van der Waals surface area (Å²) >= 11 is 5.90. The molecule has 0 aromatic heterocycles. The molecule has 3 nitrogen and oxygen atoms in total. The Kier molecular flexibility index (Phi) is 5.48. The van der Waals surface area contributed by atoms with Gasteiger partial charge in [-0.2, -0.15) is 0 Å². The minimum absolute atomic E-state index is 0.0959. The first-order chi connectivity index (χ1) is 11.6. The van der Waals surface area contributed by atoms with Crippen LogP contribution < -0.4 is 5.32 Å². The van der Waals surface area contributed by atoms with Gasteiger partial charge in [0.15, 0.2) is 0 Å². The third-order valence-corrected chi connectivity index (χ3v) is 4.61. The van der Waals surface area contributed by atoms with Gasteiger partial charge >= 0.3 is 0 Å². The largest absolute Gasteiger partial charge is 0.349 e. The molecule has 2 aromatic rings. The molecule has 24 heavy (non-hydrogen) atoms. The SMILES string of the molecule is O=C(NC1CCN(Cc2ccc(Cl)cc2)CC1)c1ccccc1F. The summed E-state index contributed by atoms with van der Waals surface area (Å²) in [5.41, 5.74) is 1.34. The Balaban J connectivity index is 1.49. The number of amides is 1. The van der Waals surface area contributed by atoms with Gasteiger partial charge in [-0.05, 0) is 42.7 Å². The minimum Gasteiger partial charge on any atom is -0.349 e. The molecule has 1 amide bonds. The first-order valence-electron chi connectivity index (χ1n) is 8.14. The van der Waals surface area contributed by atoms with Crippen LogP contribution in [-0.4, -0.2) is 29.9 Å². The minimum atomic E-state index is -0.477. The van der Waals surface area contributed by atoms with E-state index in [-0.39, 0.29) is 17.5 Å². The van der Waals surface area contributed by atoms with Crippen LogP contribution in [0.1, 0.15) is 28.8 Å². The van der Waals surface area contributed by atoms with Crippen LogP contribution in [0.3, 0.4) is 0 Å². The lowest BCUT2D eigenvalue weighted by Crippen LogP contribution is -2.44. The van der Waals surface area contributed by atoms with Crippen molar-refractivity contribution in [3.05, 3.63) is 70.5 Å². The number of halogens is 2. The molecule has 0 bridgehead atoms. The Labute approximate surface area is 146 Å². The molecule has 2 aromatic carbocycles. The topological polar surface area (TPSA) is 32.3 Å². The Morgan fingerprint density at radius 1 is 1.12 bits per heavy atom. The van der Waals surface area contributed by atoms with Crippen LogP contribution >= 0.6 is 11.6 Å². The van der Waals surface area contributed by atoms with E-state index in [0.717, 1.165) is 37.5 Å². The summed E-state index contributed by atoms with van der Waals surface area (Å²) in [5.74, 6) is -0.806. The van der Waals surface area contributed by atoms with Gasteiger partial charge in [0, 0.05) is 30.7 Å². The molecule has 1 heterocycles. The van der Waals surface area contributed by atoms with E-state index in [4.69, 9.17) is 11.6 Å². The summed E-state index contributed by atoms with van der Waals surface area (Å²) in [6.45, 7) is 2.70. The molecule has 3 rings (SSSR count). The Morgan fingerprint density at radius 3 is 2.46 bits per heavy atom. The lowest BCUT2D eigenvalue weighted by molar-refractivity contribution is 0.0905. The number of benzene rings is 2. The van der Waals surface area contributed by atoms with Crippen LogP contribution in [0, 0.1) is 5.82 Å². The Bertz CT molecular complexity index is 697. The highest BCUT2D eigenvalue weighted by atomic mass is 35.5. The molecule has 0 saturated carbocycles. The van der Waals surface area contributed by atoms with Gasteiger partial charge in [-0.1, -0.05) is 35.9 Å². The van der Waals surface area contributed by atoms with E-state index in [1.807, 2.05) is 24.3 Å². The zero-order valence-corrected chi connectivity index (χ0v) is 14.1. The van der Waals surface area contributed by atoms with Gasteiger partial charge in [0.05, 0.1) is 5.56 Å². The predicted octanol–water partition coefficient (Wildman–Crippen LogP) is 3.87. The quantitative estimate of drug-likeness (QED) is 0.911. The molecule has 0 atom stereocenters. The smallest absolute Gasteiger partial charge is 0.254 e. The zero-order valence-electron chi connectivity index (χ0n) is 13.3. The maximum Gasteiger partial charge on any atom is 0.254 e.